The van der Waals surface area contributed by atoms with Crippen LogP contribution in [0.15, 0.2) is 24.3 Å². The van der Waals surface area contributed by atoms with Crippen LogP contribution in [0.1, 0.15) is 48.1 Å². The van der Waals surface area contributed by atoms with Crippen LogP contribution in [0.5, 0.6) is 0 Å². The van der Waals surface area contributed by atoms with E-state index in [2.05, 4.69) is 6.07 Å². The number of amides is 3. The lowest BCUT2D eigenvalue weighted by atomic mass is 10.0. The van der Waals surface area contributed by atoms with E-state index in [0.29, 0.717) is 31.0 Å². The van der Waals surface area contributed by atoms with Crippen LogP contribution in [0.25, 0.3) is 0 Å². The Morgan fingerprint density at radius 2 is 2.06 bits per heavy atom. The molecule has 3 aliphatic heterocycles. The average Bonchev–Trinajstić information content (AvgIpc) is 3.11. The molecule has 1 aromatic rings. The third kappa shape index (κ3) is 3.26. The Kier molecular flexibility index (Phi) is 4.95. The molecule has 1 saturated carbocycles. The Morgan fingerprint density at radius 1 is 1.28 bits per heavy atom. The van der Waals surface area contributed by atoms with Crippen molar-refractivity contribution in [3.63, 3.8) is 0 Å². The Balaban J connectivity index is 1.24. The van der Waals surface area contributed by atoms with E-state index < -0.39 is 11.9 Å². The number of likely N-dealkylation sites (tertiary alicyclic amines) is 3. The van der Waals surface area contributed by atoms with Crippen LogP contribution < -0.4 is 11.5 Å². The molecule has 3 heterocycles. The number of piperazine rings is 1. The quantitative estimate of drug-likeness (QED) is 0.643. The summed E-state index contributed by atoms with van der Waals surface area (Å²) in [5.41, 5.74) is 13.0. The first-order valence-electron chi connectivity index (χ1n) is 11.2. The van der Waals surface area contributed by atoms with Crippen molar-refractivity contribution >= 4 is 17.7 Å². The maximum Gasteiger partial charge on any atom is 0.248 e. The first-order valence-corrected chi connectivity index (χ1v) is 11.2. The number of nitrogens with two attached hydrogens (primary N) is 2. The summed E-state index contributed by atoms with van der Waals surface area (Å²) in [7, 11) is 0. The first-order chi connectivity index (χ1) is 15.3. The highest BCUT2D eigenvalue weighted by atomic mass is 16.2. The van der Waals surface area contributed by atoms with Crippen molar-refractivity contribution in [2.24, 2.45) is 17.4 Å². The van der Waals surface area contributed by atoms with Crippen LogP contribution in [0.2, 0.25) is 0 Å². The number of nitrogens with zero attached hydrogens (tertiary/aromatic N) is 4. The first kappa shape index (κ1) is 20.9. The molecular formula is C23H28N6O3. The van der Waals surface area contributed by atoms with E-state index in [1.54, 1.807) is 23.1 Å². The number of carbonyl (C=O) groups is 3. The molecule has 9 heteroatoms. The predicted octanol–water partition coefficient (Wildman–Crippen LogP) is -0.0281. The Labute approximate surface area is 186 Å². The van der Waals surface area contributed by atoms with Gasteiger partial charge in [-0.05, 0) is 49.8 Å². The smallest absolute Gasteiger partial charge is 0.248 e. The zero-order valence-electron chi connectivity index (χ0n) is 18.1. The fourth-order valence-corrected chi connectivity index (χ4v) is 5.92. The molecule has 0 spiro atoms. The minimum absolute atomic E-state index is 0.0243. The molecule has 1 aromatic carbocycles. The van der Waals surface area contributed by atoms with Gasteiger partial charge in [0, 0.05) is 30.7 Å². The molecule has 0 unspecified atom stereocenters. The predicted molar refractivity (Wildman–Crippen MR) is 115 cm³/mol. The van der Waals surface area contributed by atoms with E-state index in [1.165, 1.54) is 0 Å². The van der Waals surface area contributed by atoms with E-state index >= 15 is 0 Å². The zero-order chi connectivity index (χ0) is 22.7. The van der Waals surface area contributed by atoms with Crippen LogP contribution in [0, 0.1) is 17.2 Å². The maximum atomic E-state index is 13.2. The summed E-state index contributed by atoms with van der Waals surface area (Å²) in [6.45, 7) is 2.93. The third-order valence-corrected chi connectivity index (χ3v) is 7.64. The largest absolute Gasteiger partial charge is 0.366 e. The summed E-state index contributed by atoms with van der Waals surface area (Å²) >= 11 is 0. The number of nitriles is 1. The topological polar surface area (TPSA) is 137 Å². The number of fused-ring (bicyclic) bond motifs is 3. The van der Waals surface area contributed by atoms with Gasteiger partial charge in [0.25, 0.3) is 0 Å². The minimum Gasteiger partial charge on any atom is -0.366 e. The number of hydrogen-bond donors (Lipinski definition) is 2. The maximum absolute atomic E-state index is 13.2. The molecule has 9 nitrogen and oxygen atoms in total. The van der Waals surface area contributed by atoms with Crippen molar-refractivity contribution in [2.45, 2.75) is 62.4 Å². The molecular weight excluding hydrogens is 408 g/mol. The summed E-state index contributed by atoms with van der Waals surface area (Å²) in [5.74, 6) is -0.197. The van der Waals surface area contributed by atoms with Gasteiger partial charge in [-0.1, -0.05) is 12.1 Å². The van der Waals surface area contributed by atoms with Crippen LogP contribution in [0.3, 0.4) is 0 Å². The number of hydrogen-bond acceptors (Lipinski definition) is 6. The SMILES string of the molecule is C[C@@H](c1cccc(C(N)=O)c1)N1C(=O)[C@@H]2C[C@H]1CN2C[C@H](N)C(=O)N1[C@H](C#N)C[C@@H]2C[C@@H]21. The lowest BCUT2D eigenvalue weighted by Crippen LogP contribution is -2.57. The fourth-order valence-electron chi connectivity index (χ4n) is 5.92. The second kappa shape index (κ2) is 7.57. The Bertz CT molecular complexity index is 1020. The van der Waals surface area contributed by atoms with Crippen molar-refractivity contribution in [3.8, 4) is 6.07 Å². The molecule has 4 N–H and O–H groups in total. The van der Waals surface area contributed by atoms with Gasteiger partial charge >= 0.3 is 0 Å². The second-order valence-electron chi connectivity index (χ2n) is 9.57. The summed E-state index contributed by atoms with van der Waals surface area (Å²) in [6, 6.07) is 7.93. The molecule has 7 atom stereocenters. The van der Waals surface area contributed by atoms with Crippen molar-refractivity contribution in [2.75, 3.05) is 13.1 Å². The lowest BCUT2D eigenvalue weighted by molar-refractivity contribution is -0.141. The molecule has 0 aromatic heterocycles. The monoisotopic (exact) mass is 436 g/mol. The standard InChI is InChI=1S/C23H28N6O3/c1-12(13-3-2-4-14(5-13)21(26)30)28-17-8-20(23(28)32)27(10-17)11-18(25)22(31)29-16(9-24)6-15-7-19(15)29/h2-5,12,15-20H,6-8,10-11,25H2,1H3,(H2,26,30)/t12-,15+,16-,17-,18-,19-,20-/m0/s1. The Hall–Kier alpha value is -2.96. The molecule has 4 fully saturated rings. The molecule has 2 bridgehead atoms. The normalized spacial score (nSPS) is 32.5. The molecule has 0 radical (unpaired) electrons. The lowest BCUT2D eigenvalue weighted by Gasteiger charge is -2.38. The van der Waals surface area contributed by atoms with E-state index in [0.717, 1.165) is 18.4 Å². The minimum atomic E-state index is -0.740. The fraction of sp³-hybridized carbons (Fsp3) is 0.565. The number of piperidine rings is 1. The van der Waals surface area contributed by atoms with Crippen molar-refractivity contribution in [3.05, 3.63) is 35.4 Å². The number of carbonyl (C=O) groups excluding carboxylic acids is 3. The van der Waals surface area contributed by atoms with Crippen LogP contribution >= 0.6 is 0 Å². The van der Waals surface area contributed by atoms with Crippen LogP contribution in [0.4, 0.5) is 0 Å². The summed E-state index contributed by atoms with van der Waals surface area (Å²) in [6.07, 6.45) is 2.42. The summed E-state index contributed by atoms with van der Waals surface area (Å²) in [4.78, 5) is 43.3. The molecule has 3 amide bonds. The van der Waals surface area contributed by atoms with Gasteiger partial charge in [0.1, 0.15) is 6.04 Å². The molecule has 4 aliphatic rings. The number of primary amides is 1. The van der Waals surface area contributed by atoms with Gasteiger partial charge in [-0.3, -0.25) is 19.3 Å². The van der Waals surface area contributed by atoms with E-state index in [-0.39, 0.29) is 42.0 Å². The van der Waals surface area contributed by atoms with Gasteiger partial charge in [0.05, 0.1) is 24.2 Å². The van der Waals surface area contributed by atoms with Crippen molar-refractivity contribution < 1.29 is 14.4 Å². The van der Waals surface area contributed by atoms with Gasteiger partial charge in [-0.2, -0.15) is 5.26 Å². The van der Waals surface area contributed by atoms with Gasteiger partial charge in [-0.15, -0.1) is 0 Å². The zero-order valence-corrected chi connectivity index (χ0v) is 18.1. The van der Waals surface area contributed by atoms with Gasteiger partial charge in [-0.25, -0.2) is 0 Å². The van der Waals surface area contributed by atoms with Crippen molar-refractivity contribution in [1.82, 2.24) is 14.7 Å². The molecule has 32 heavy (non-hydrogen) atoms. The molecule has 5 rings (SSSR count). The van der Waals surface area contributed by atoms with Crippen LogP contribution in [-0.4, -0.2) is 75.7 Å². The van der Waals surface area contributed by atoms with Gasteiger partial charge in [0.2, 0.25) is 17.7 Å². The Morgan fingerprint density at radius 3 is 2.75 bits per heavy atom. The second-order valence-corrected chi connectivity index (χ2v) is 9.57. The van der Waals surface area contributed by atoms with Gasteiger partial charge in [0.15, 0.2) is 0 Å². The van der Waals surface area contributed by atoms with E-state index in [4.69, 9.17) is 11.5 Å². The van der Waals surface area contributed by atoms with E-state index in [1.807, 2.05) is 22.8 Å². The van der Waals surface area contributed by atoms with E-state index in [9.17, 15) is 19.6 Å². The number of benzene rings is 1. The highest BCUT2D eigenvalue weighted by Gasteiger charge is 2.56. The average molecular weight is 437 g/mol. The summed E-state index contributed by atoms with van der Waals surface area (Å²) in [5, 5.41) is 9.36. The molecule has 1 aliphatic carbocycles. The number of rotatable bonds is 6. The van der Waals surface area contributed by atoms with Crippen LogP contribution in [-0.2, 0) is 9.59 Å². The molecule has 168 valence electrons. The summed E-state index contributed by atoms with van der Waals surface area (Å²) < 4.78 is 0. The highest BCUT2D eigenvalue weighted by Crippen LogP contribution is 2.48. The highest BCUT2D eigenvalue weighted by molar-refractivity contribution is 5.93. The van der Waals surface area contributed by atoms with Gasteiger partial charge < -0.3 is 21.3 Å². The molecule has 3 saturated heterocycles. The third-order valence-electron chi connectivity index (χ3n) is 7.64. The van der Waals surface area contributed by atoms with Crippen molar-refractivity contribution in [1.29, 1.82) is 5.26 Å².